The van der Waals surface area contributed by atoms with E-state index in [2.05, 4.69) is 4.98 Å². The molecule has 0 spiro atoms. The monoisotopic (exact) mass is 330 g/mol. The molecule has 0 radical (unpaired) electrons. The molecule has 0 unspecified atom stereocenters. The zero-order valence-corrected chi connectivity index (χ0v) is 13.4. The summed E-state index contributed by atoms with van der Waals surface area (Å²) < 4.78 is 6.40. The van der Waals surface area contributed by atoms with Gasteiger partial charge >= 0.3 is 5.97 Å². The smallest absolute Gasteiger partial charge is 0.323 e. The van der Waals surface area contributed by atoms with Crippen molar-refractivity contribution in [3.63, 3.8) is 0 Å². The van der Waals surface area contributed by atoms with Gasteiger partial charge in [-0.25, -0.2) is 4.98 Å². The van der Waals surface area contributed by atoms with E-state index in [9.17, 15) is 9.59 Å². The molecule has 1 N–H and O–H groups in total. The van der Waals surface area contributed by atoms with Crippen molar-refractivity contribution in [2.45, 2.75) is 13.5 Å². The second-order valence-electron chi connectivity index (χ2n) is 5.01. The lowest BCUT2D eigenvalue weighted by atomic mass is 10.1. The molecule has 7 heteroatoms. The van der Waals surface area contributed by atoms with Gasteiger partial charge in [-0.15, -0.1) is 11.3 Å². The zero-order chi connectivity index (χ0) is 16.6. The van der Waals surface area contributed by atoms with Crippen molar-refractivity contribution in [2.75, 3.05) is 7.11 Å². The van der Waals surface area contributed by atoms with Crippen LogP contribution < -0.4 is 10.3 Å². The Morgan fingerprint density at radius 3 is 2.91 bits per heavy atom. The molecule has 0 atom stereocenters. The van der Waals surface area contributed by atoms with Crippen LogP contribution >= 0.6 is 11.3 Å². The van der Waals surface area contributed by atoms with Gasteiger partial charge in [0.15, 0.2) is 0 Å². The van der Waals surface area contributed by atoms with E-state index in [0.29, 0.717) is 21.8 Å². The van der Waals surface area contributed by atoms with Gasteiger partial charge in [-0.2, -0.15) is 0 Å². The fraction of sp³-hybridized carbons (Fsp3) is 0.188. The maximum absolute atomic E-state index is 12.7. The number of aryl methyl sites for hydroxylation is 1. The van der Waals surface area contributed by atoms with Gasteiger partial charge in [-0.1, -0.05) is 12.1 Å². The first-order valence-electron chi connectivity index (χ1n) is 6.86. The molecule has 2 aromatic heterocycles. The average Bonchev–Trinajstić information content (AvgIpc) is 2.95. The number of aromatic nitrogens is 2. The van der Waals surface area contributed by atoms with Crippen LogP contribution in [0.5, 0.6) is 5.75 Å². The van der Waals surface area contributed by atoms with E-state index in [1.54, 1.807) is 14.0 Å². The molecule has 0 aliphatic rings. The maximum Gasteiger partial charge on any atom is 0.323 e. The van der Waals surface area contributed by atoms with Crippen molar-refractivity contribution >= 4 is 27.5 Å². The molecule has 3 rings (SSSR count). The van der Waals surface area contributed by atoms with Crippen molar-refractivity contribution in [2.24, 2.45) is 0 Å². The predicted octanol–water partition coefficient (Wildman–Crippen LogP) is 2.53. The number of hydrogen-bond acceptors (Lipinski definition) is 5. The lowest BCUT2D eigenvalue weighted by Crippen LogP contribution is -2.27. The number of hydrogen-bond donors (Lipinski definition) is 1. The lowest BCUT2D eigenvalue weighted by molar-refractivity contribution is -0.137. The topological polar surface area (TPSA) is 81.4 Å². The summed E-state index contributed by atoms with van der Waals surface area (Å²) in [4.78, 5) is 28.7. The number of fused-ring (bicyclic) bond motifs is 1. The van der Waals surface area contributed by atoms with Gasteiger partial charge in [0.25, 0.3) is 5.56 Å². The second kappa shape index (κ2) is 5.85. The van der Waals surface area contributed by atoms with Crippen LogP contribution in [-0.2, 0) is 11.3 Å². The van der Waals surface area contributed by atoms with Crippen LogP contribution in [0.15, 0.2) is 34.4 Å². The third kappa shape index (κ3) is 2.70. The van der Waals surface area contributed by atoms with E-state index < -0.39 is 12.5 Å². The molecule has 118 valence electrons. The molecule has 0 aliphatic carbocycles. The van der Waals surface area contributed by atoms with Gasteiger partial charge in [0.05, 0.1) is 12.5 Å². The zero-order valence-electron chi connectivity index (χ0n) is 12.6. The van der Waals surface area contributed by atoms with Crippen LogP contribution in [0.4, 0.5) is 0 Å². The predicted molar refractivity (Wildman–Crippen MR) is 88.2 cm³/mol. The molecule has 6 nitrogen and oxygen atoms in total. The van der Waals surface area contributed by atoms with Gasteiger partial charge in [0.2, 0.25) is 0 Å². The number of methoxy groups -OCH3 is 1. The summed E-state index contributed by atoms with van der Waals surface area (Å²) in [7, 11) is 1.58. The molecule has 0 amide bonds. The Hall–Kier alpha value is -2.67. The molecule has 0 saturated carbocycles. The summed E-state index contributed by atoms with van der Waals surface area (Å²) >= 11 is 1.37. The number of rotatable bonds is 4. The second-order valence-corrected chi connectivity index (χ2v) is 5.86. The molecule has 0 aliphatic heterocycles. The van der Waals surface area contributed by atoms with Crippen LogP contribution in [-0.4, -0.2) is 27.7 Å². The first kappa shape index (κ1) is 15.2. The summed E-state index contributed by atoms with van der Waals surface area (Å²) in [5.74, 6) is 0.00577. The van der Waals surface area contributed by atoms with Crippen molar-refractivity contribution in [3.8, 4) is 16.9 Å². The van der Waals surface area contributed by atoms with Gasteiger partial charge in [-0.05, 0) is 24.6 Å². The molecule has 0 fully saturated rings. The Balaban J connectivity index is 2.27. The normalized spacial score (nSPS) is 10.9. The quantitative estimate of drug-likeness (QED) is 0.795. The van der Waals surface area contributed by atoms with E-state index in [1.165, 1.54) is 15.9 Å². The summed E-state index contributed by atoms with van der Waals surface area (Å²) in [5.41, 5.74) is 1.23. The third-order valence-corrected chi connectivity index (χ3v) is 4.43. The minimum atomic E-state index is -1.07. The van der Waals surface area contributed by atoms with Crippen LogP contribution in [0.25, 0.3) is 21.3 Å². The first-order valence-corrected chi connectivity index (χ1v) is 7.74. The molecule has 0 saturated heterocycles. The molecule has 3 aromatic rings. The minimum Gasteiger partial charge on any atom is -0.497 e. The number of ether oxygens (including phenoxy) is 1. The highest BCUT2D eigenvalue weighted by Crippen LogP contribution is 2.32. The Morgan fingerprint density at radius 1 is 1.43 bits per heavy atom. The fourth-order valence-electron chi connectivity index (χ4n) is 2.45. The highest BCUT2D eigenvalue weighted by molar-refractivity contribution is 7.17. The number of carbonyl (C=O) groups is 1. The number of aliphatic carboxylic acids is 1. The van der Waals surface area contributed by atoms with Crippen molar-refractivity contribution in [1.29, 1.82) is 0 Å². The summed E-state index contributed by atoms with van der Waals surface area (Å²) in [6, 6.07) is 7.38. The van der Waals surface area contributed by atoms with Gasteiger partial charge in [-0.3, -0.25) is 14.2 Å². The highest BCUT2D eigenvalue weighted by atomic mass is 32.1. The van der Waals surface area contributed by atoms with Crippen LogP contribution in [0.3, 0.4) is 0 Å². The van der Waals surface area contributed by atoms with Crippen LogP contribution in [0.2, 0.25) is 0 Å². The van der Waals surface area contributed by atoms with Gasteiger partial charge < -0.3 is 9.84 Å². The summed E-state index contributed by atoms with van der Waals surface area (Å²) in [5, 5.41) is 11.3. The molecular weight excluding hydrogens is 316 g/mol. The largest absolute Gasteiger partial charge is 0.497 e. The number of thiophene rings is 1. The highest BCUT2D eigenvalue weighted by Gasteiger charge is 2.16. The van der Waals surface area contributed by atoms with E-state index in [4.69, 9.17) is 9.84 Å². The van der Waals surface area contributed by atoms with E-state index in [1.807, 2.05) is 29.6 Å². The van der Waals surface area contributed by atoms with Crippen molar-refractivity contribution in [1.82, 2.24) is 9.55 Å². The Bertz CT molecular complexity index is 958. The summed E-state index contributed by atoms with van der Waals surface area (Å²) in [6.45, 7) is 1.23. The van der Waals surface area contributed by atoms with Crippen molar-refractivity contribution in [3.05, 3.63) is 45.8 Å². The lowest BCUT2D eigenvalue weighted by Gasteiger charge is -2.08. The molecule has 0 bridgehead atoms. The standard InChI is InChI=1S/C16H14N2O4S/c1-9-17-15-14(16(21)18(9)7-13(19)20)12(8-23-15)10-4-3-5-11(6-10)22-2/h3-6,8H,7H2,1-2H3,(H,19,20). The Morgan fingerprint density at radius 2 is 2.22 bits per heavy atom. The average molecular weight is 330 g/mol. The van der Waals surface area contributed by atoms with Gasteiger partial charge in [0.1, 0.15) is 22.9 Å². The molecule has 1 aromatic carbocycles. The van der Waals surface area contributed by atoms with Gasteiger partial charge in [0, 0.05) is 10.9 Å². The minimum absolute atomic E-state index is 0.339. The van der Waals surface area contributed by atoms with Crippen LogP contribution in [0.1, 0.15) is 5.82 Å². The number of benzene rings is 1. The number of carboxylic acids is 1. The number of nitrogens with zero attached hydrogens (tertiary/aromatic N) is 2. The summed E-state index contributed by atoms with van der Waals surface area (Å²) in [6.07, 6.45) is 0. The van der Waals surface area contributed by atoms with E-state index in [0.717, 1.165) is 11.1 Å². The maximum atomic E-state index is 12.7. The SMILES string of the molecule is COc1cccc(-c2csc3nc(C)n(CC(=O)O)c(=O)c23)c1. The van der Waals surface area contributed by atoms with E-state index in [-0.39, 0.29) is 5.56 Å². The Kier molecular flexibility index (Phi) is 3.87. The fourth-order valence-corrected chi connectivity index (χ4v) is 3.43. The Labute approximate surface area is 135 Å². The van der Waals surface area contributed by atoms with Crippen molar-refractivity contribution < 1.29 is 14.6 Å². The molecular formula is C16H14N2O4S. The van der Waals surface area contributed by atoms with Crippen LogP contribution in [0, 0.1) is 6.92 Å². The third-order valence-electron chi connectivity index (χ3n) is 3.56. The molecule has 2 heterocycles. The number of carboxylic acid groups (broad SMARTS) is 1. The van der Waals surface area contributed by atoms with E-state index >= 15 is 0 Å². The first-order chi connectivity index (χ1) is 11.0. The molecule has 23 heavy (non-hydrogen) atoms.